The number of benzene rings is 1. The Hall–Kier alpha value is -1.85. The van der Waals surface area contributed by atoms with Crippen LogP contribution in [0.25, 0.3) is 0 Å². The molecule has 0 aliphatic rings. The first-order valence-corrected chi connectivity index (χ1v) is 6.20. The Bertz CT molecular complexity index is 621. The predicted molar refractivity (Wildman–Crippen MR) is 73.9 cm³/mol. The molecule has 0 radical (unpaired) electrons. The van der Waals surface area contributed by atoms with Crippen LogP contribution in [0.1, 0.15) is 27.3 Å². The van der Waals surface area contributed by atoms with Crippen molar-refractivity contribution in [2.24, 2.45) is 5.84 Å². The molecule has 1 aromatic carbocycles. The molecule has 1 aromatic heterocycles. The average Bonchev–Trinajstić information content (AvgIpc) is 2.66. The normalized spacial score (nSPS) is 10.5. The minimum absolute atomic E-state index is 0.316. The largest absolute Gasteiger partial charge is 0.290 e. The number of nitrogens with two attached hydrogens (primary N) is 1. The fraction of sp³-hybridized carbons (Fsp3) is 0.231. The van der Waals surface area contributed by atoms with Gasteiger partial charge in [-0.1, -0.05) is 29.8 Å². The van der Waals surface area contributed by atoms with Crippen molar-refractivity contribution in [2.45, 2.75) is 20.4 Å². The van der Waals surface area contributed by atoms with Gasteiger partial charge in [0.25, 0.3) is 5.91 Å². The summed E-state index contributed by atoms with van der Waals surface area (Å²) in [6.45, 7) is 4.22. The van der Waals surface area contributed by atoms with Gasteiger partial charge in [0.2, 0.25) is 0 Å². The van der Waals surface area contributed by atoms with Crippen molar-refractivity contribution in [3.8, 4) is 0 Å². The number of nitrogens with one attached hydrogen (secondary N) is 1. The van der Waals surface area contributed by atoms with E-state index >= 15 is 0 Å². The van der Waals surface area contributed by atoms with Crippen LogP contribution in [0.5, 0.6) is 0 Å². The lowest BCUT2D eigenvalue weighted by molar-refractivity contribution is 0.0952. The van der Waals surface area contributed by atoms with Crippen molar-refractivity contribution >= 4 is 17.5 Å². The molecule has 1 heterocycles. The van der Waals surface area contributed by atoms with Crippen molar-refractivity contribution < 1.29 is 4.79 Å². The summed E-state index contributed by atoms with van der Waals surface area (Å²) in [7, 11) is 0. The van der Waals surface area contributed by atoms with E-state index in [2.05, 4.69) is 10.5 Å². The highest BCUT2D eigenvalue weighted by atomic mass is 35.5. The molecule has 0 saturated heterocycles. The van der Waals surface area contributed by atoms with Crippen molar-refractivity contribution in [3.63, 3.8) is 0 Å². The van der Waals surface area contributed by atoms with Crippen molar-refractivity contribution in [2.75, 3.05) is 0 Å². The van der Waals surface area contributed by atoms with Gasteiger partial charge in [-0.05, 0) is 25.5 Å². The summed E-state index contributed by atoms with van der Waals surface area (Å²) in [4.78, 5) is 11.7. The van der Waals surface area contributed by atoms with Crippen LogP contribution in [-0.2, 0) is 6.54 Å². The molecule has 6 heteroatoms. The summed E-state index contributed by atoms with van der Waals surface area (Å²) in [6.07, 6.45) is 0. The summed E-state index contributed by atoms with van der Waals surface area (Å²) in [6, 6.07) is 7.26. The topological polar surface area (TPSA) is 72.9 Å². The van der Waals surface area contributed by atoms with E-state index in [-0.39, 0.29) is 5.91 Å². The van der Waals surface area contributed by atoms with Gasteiger partial charge in [-0.2, -0.15) is 5.10 Å². The van der Waals surface area contributed by atoms with Gasteiger partial charge in [-0.25, -0.2) is 5.84 Å². The average molecular weight is 279 g/mol. The van der Waals surface area contributed by atoms with Gasteiger partial charge in [0, 0.05) is 5.56 Å². The highest BCUT2D eigenvalue weighted by Gasteiger charge is 2.13. The molecular weight excluding hydrogens is 264 g/mol. The molecule has 1 amide bonds. The number of carbonyl (C=O) groups is 1. The van der Waals surface area contributed by atoms with Crippen LogP contribution in [-0.4, -0.2) is 15.7 Å². The molecule has 2 aromatic rings. The number of halogens is 1. The van der Waals surface area contributed by atoms with E-state index in [0.29, 0.717) is 17.1 Å². The lowest BCUT2D eigenvalue weighted by atomic mass is 10.1. The van der Waals surface area contributed by atoms with Crippen LogP contribution >= 0.6 is 11.6 Å². The first kappa shape index (κ1) is 13.6. The first-order chi connectivity index (χ1) is 9.04. The molecule has 2 rings (SSSR count). The highest BCUT2D eigenvalue weighted by molar-refractivity contribution is 6.31. The number of rotatable bonds is 3. The predicted octanol–water partition coefficient (Wildman–Crippen LogP) is 1.81. The number of nitrogens with zero attached hydrogens (tertiary/aromatic N) is 2. The van der Waals surface area contributed by atoms with E-state index in [1.807, 2.05) is 26.0 Å². The van der Waals surface area contributed by atoms with Crippen LogP contribution in [0.4, 0.5) is 0 Å². The third kappa shape index (κ3) is 2.62. The monoisotopic (exact) mass is 278 g/mol. The maximum atomic E-state index is 11.7. The van der Waals surface area contributed by atoms with E-state index < -0.39 is 0 Å². The maximum absolute atomic E-state index is 11.7. The Morgan fingerprint density at radius 2 is 2.11 bits per heavy atom. The van der Waals surface area contributed by atoms with E-state index in [1.54, 1.807) is 16.8 Å². The summed E-state index contributed by atoms with van der Waals surface area (Å²) in [5.74, 6) is 4.86. The summed E-state index contributed by atoms with van der Waals surface area (Å²) in [5, 5.41) is 5.01. The molecular formula is C13H15ClN4O. The summed E-state index contributed by atoms with van der Waals surface area (Å²) >= 11 is 6.11. The molecule has 0 atom stereocenters. The van der Waals surface area contributed by atoms with Gasteiger partial charge >= 0.3 is 0 Å². The minimum Gasteiger partial charge on any atom is -0.290 e. The molecule has 0 fully saturated rings. The Labute approximate surface area is 116 Å². The Kier molecular flexibility index (Phi) is 3.87. The van der Waals surface area contributed by atoms with E-state index in [9.17, 15) is 4.79 Å². The lowest BCUT2D eigenvalue weighted by Crippen LogP contribution is -2.31. The number of amides is 1. The minimum atomic E-state index is -0.316. The first-order valence-electron chi connectivity index (χ1n) is 5.83. The number of nitrogen functional groups attached to an aromatic ring is 1. The van der Waals surface area contributed by atoms with Crippen LogP contribution < -0.4 is 11.3 Å². The second kappa shape index (κ2) is 5.42. The van der Waals surface area contributed by atoms with E-state index in [1.165, 1.54) is 0 Å². The Balaban J connectivity index is 2.38. The zero-order chi connectivity index (χ0) is 14.0. The third-order valence-electron chi connectivity index (χ3n) is 3.01. The number of hydrazine groups is 1. The molecule has 3 N–H and O–H groups in total. The van der Waals surface area contributed by atoms with Gasteiger partial charge in [-0.15, -0.1) is 0 Å². The third-order valence-corrected chi connectivity index (χ3v) is 3.55. The quantitative estimate of drug-likeness (QED) is 0.511. The molecule has 0 aliphatic carbocycles. The fourth-order valence-electron chi connectivity index (χ4n) is 1.95. The Morgan fingerprint density at radius 1 is 1.42 bits per heavy atom. The van der Waals surface area contributed by atoms with Gasteiger partial charge in [0.05, 0.1) is 23.0 Å². The Morgan fingerprint density at radius 3 is 2.68 bits per heavy atom. The van der Waals surface area contributed by atoms with Crippen LogP contribution in [0, 0.1) is 13.8 Å². The second-order valence-electron chi connectivity index (χ2n) is 4.27. The maximum Gasteiger partial charge on any atom is 0.265 e. The van der Waals surface area contributed by atoms with Gasteiger partial charge in [-0.3, -0.25) is 14.9 Å². The SMILES string of the molecule is Cc1nn(Cc2ccccc2C(=O)NN)c(C)c1Cl. The van der Waals surface area contributed by atoms with E-state index in [0.717, 1.165) is 17.0 Å². The van der Waals surface area contributed by atoms with Crippen molar-refractivity contribution in [3.05, 3.63) is 51.8 Å². The van der Waals surface area contributed by atoms with Crippen LogP contribution in [0.2, 0.25) is 5.02 Å². The molecule has 0 spiro atoms. The molecule has 5 nitrogen and oxygen atoms in total. The van der Waals surface area contributed by atoms with Gasteiger partial charge in [0.15, 0.2) is 0 Å². The zero-order valence-electron chi connectivity index (χ0n) is 10.8. The molecule has 19 heavy (non-hydrogen) atoms. The second-order valence-corrected chi connectivity index (χ2v) is 4.65. The van der Waals surface area contributed by atoms with E-state index in [4.69, 9.17) is 17.4 Å². The molecule has 0 saturated carbocycles. The zero-order valence-corrected chi connectivity index (χ0v) is 11.5. The van der Waals surface area contributed by atoms with Crippen molar-refractivity contribution in [1.82, 2.24) is 15.2 Å². The standard InChI is InChI=1S/C13H15ClN4O/c1-8-12(14)9(2)18(17-8)7-10-5-3-4-6-11(10)13(19)16-15/h3-6H,7,15H2,1-2H3,(H,16,19). The number of carbonyl (C=O) groups excluding carboxylic acids is 1. The summed E-state index contributed by atoms with van der Waals surface area (Å²) < 4.78 is 1.78. The summed E-state index contributed by atoms with van der Waals surface area (Å²) in [5.41, 5.74) is 5.17. The number of hydrogen-bond acceptors (Lipinski definition) is 3. The molecule has 0 unspecified atom stereocenters. The molecule has 100 valence electrons. The van der Waals surface area contributed by atoms with Gasteiger partial charge in [0.1, 0.15) is 0 Å². The fourth-order valence-corrected chi connectivity index (χ4v) is 2.08. The van der Waals surface area contributed by atoms with Crippen LogP contribution in [0.3, 0.4) is 0 Å². The van der Waals surface area contributed by atoms with Crippen molar-refractivity contribution in [1.29, 1.82) is 0 Å². The highest BCUT2D eigenvalue weighted by Crippen LogP contribution is 2.20. The van der Waals surface area contributed by atoms with Crippen LogP contribution in [0.15, 0.2) is 24.3 Å². The lowest BCUT2D eigenvalue weighted by Gasteiger charge is -2.09. The number of hydrogen-bond donors (Lipinski definition) is 2. The molecule has 0 bridgehead atoms. The van der Waals surface area contributed by atoms with Gasteiger partial charge < -0.3 is 0 Å². The number of aromatic nitrogens is 2. The molecule has 0 aliphatic heterocycles. The smallest absolute Gasteiger partial charge is 0.265 e. The number of aryl methyl sites for hydroxylation is 1.